The summed E-state index contributed by atoms with van der Waals surface area (Å²) >= 11 is 0. The van der Waals surface area contributed by atoms with E-state index in [1.54, 1.807) is 0 Å². The molecule has 34 heavy (non-hydrogen) atoms. The molecule has 3 rings (SSSR count). The van der Waals surface area contributed by atoms with E-state index in [9.17, 15) is 26.3 Å². The molecule has 196 valence electrons. The molecule has 0 radical (unpaired) electrons. The predicted molar refractivity (Wildman–Crippen MR) is 109 cm³/mol. The third-order valence-corrected chi connectivity index (χ3v) is 5.58. The van der Waals surface area contributed by atoms with Crippen LogP contribution in [0, 0.1) is 5.92 Å². The summed E-state index contributed by atoms with van der Waals surface area (Å²) in [6, 6.07) is 3.03. The topological polar surface area (TPSA) is 98.9 Å². The summed E-state index contributed by atoms with van der Waals surface area (Å²) in [5, 5.41) is 18.8. The second-order valence-corrected chi connectivity index (χ2v) is 7.98. The highest BCUT2D eigenvalue weighted by Gasteiger charge is 2.39. The van der Waals surface area contributed by atoms with E-state index in [1.165, 1.54) is 38.0 Å². The molecule has 0 aromatic carbocycles. The minimum atomic E-state index is -5.08. The van der Waals surface area contributed by atoms with Gasteiger partial charge in [0.1, 0.15) is 0 Å². The molecule has 8 nitrogen and oxygen atoms in total. The van der Waals surface area contributed by atoms with Crippen molar-refractivity contribution in [2.45, 2.75) is 64.6 Å². The van der Waals surface area contributed by atoms with E-state index in [-0.39, 0.29) is 0 Å². The van der Waals surface area contributed by atoms with Crippen LogP contribution in [0.15, 0.2) is 12.3 Å². The number of fused-ring (bicyclic) bond motifs is 1. The number of hydrogen-bond acceptors (Lipinski definition) is 5. The largest absolute Gasteiger partial charge is 0.490 e. The smallest absolute Gasteiger partial charge is 0.475 e. The van der Waals surface area contributed by atoms with Crippen molar-refractivity contribution in [3.63, 3.8) is 0 Å². The summed E-state index contributed by atoms with van der Waals surface area (Å²) < 4.78 is 65.7. The van der Waals surface area contributed by atoms with Gasteiger partial charge in [0, 0.05) is 44.3 Å². The number of carbonyl (C=O) groups is 2. The van der Waals surface area contributed by atoms with E-state index < -0.39 is 24.3 Å². The summed E-state index contributed by atoms with van der Waals surface area (Å²) in [5.41, 5.74) is 1.40. The minimum absolute atomic E-state index is 0.705. The second kappa shape index (κ2) is 12.9. The van der Waals surface area contributed by atoms with Gasteiger partial charge in [0.2, 0.25) is 0 Å². The maximum absolute atomic E-state index is 10.6. The summed E-state index contributed by atoms with van der Waals surface area (Å²) in [7, 11) is 0. The Morgan fingerprint density at radius 3 is 1.91 bits per heavy atom. The zero-order valence-corrected chi connectivity index (χ0v) is 18.9. The van der Waals surface area contributed by atoms with Gasteiger partial charge in [-0.25, -0.2) is 9.59 Å². The fraction of sp³-hybridized carbons (Fsp3) is 0.750. The van der Waals surface area contributed by atoms with Gasteiger partial charge in [-0.1, -0.05) is 20.3 Å². The van der Waals surface area contributed by atoms with Crippen LogP contribution in [0.1, 0.15) is 38.8 Å². The minimum Gasteiger partial charge on any atom is -0.475 e. The first-order chi connectivity index (χ1) is 15.7. The zero-order chi connectivity index (χ0) is 26.1. The average Bonchev–Trinajstić information content (AvgIpc) is 3.03. The van der Waals surface area contributed by atoms with Crippen molar-refractivity contribution in [1.29, 1.82) is 0 Å². The molecule has 1 atom stereocenters. The number of alkyl halides is 6. The lowest BCUT2D eigenvalue weighted by Gasteiger charge is -2.38. The third kappa shape index (κ3) is 9.87. The number of rotatable bonds is 5. The van der Waals surface area contributed by atoms with Crippen molar-refractivity contribution in [1.82, 2.24) is 19.6 Å². The average molecular weight is 504 g/mol. The first-order valence-electron chi connectivity index (χ1n) is 10.8. The van der Waals surface area contributed by atoms with Crippen LogP contribution in [0.5, 0.6) is 0 Å². The van der Waals surface area contributed by atoms with Crippen LogP contribution in [0.25, 0.3) is 0 Å². The number of hydrogen-bond donors (Lipinski definition) is 2. The molecule has 1 aromatic rings. The van der Waals surface area contributed by atoms with Gasteiger partial charge >= 0.3 is 24.3 Å². The summed E-state index contributed by atoms with van der Waals surface area (Å²) in [6.45, 7) is 11.5. The molecule has 1 saturated carbocycles. The Balaban J connectivity index is 0.000000343. The lowest BCUT2D eigenvalue weighted by molar-refractivity contribution is -0.193. The highest BCUT2D eigenvalue weighted by molar-refractivity contribution is 5.73. The Bertz CT molecular complexity index is 752. The van der Waals surface area contributed by atoms with Gasteiger partial charge in [-0.05, 0) is 32.0 Å². The van der Waals surface area contributed by atoms with Gasteiger partial charge in [0.05, 0.1) is 5.69 Å². The van der Waals surface area contributed by atoms with E-state index in [0.29, 0.717) is 5.92 Å². The Morgan fingerprint density at radius 2 is 1.53 bits per heavy atom. The van der Waals surface area contributed by atoms with Crippen LogP contribution in [0.2, 0.25) is 0 Å². The number of carboxylic acids is 2. The molecule has 1 fully saturated rings. The molecule has 14 heteroatoms. The van der Waals surface area contributed by atoms with Gasteiger partial charge in [0.15, 0.2) is 0 Å². The van der Waals surface area contributed by atoms with Gasteiger partial charge in [0.25, 0.3) is 0 Å². The van der Waals surface area contributed by atoms with Crippen molar-refractivity contribution >= 4 is 11.9 Å². The molecule has 1 unspecified atom stereocenters. The van der Waals surface area contributed by atoms with Gasteiger partial charge in [-0.15, -0.1) is 0 Å². The van der Waals surface area contributed by atoms with E-state index in [1.807, 2.05) is 6.20 Å². The van der Waals surface area contributed by atoms with Crippen molar-refractivity contribution in [3.8, 4) is 0 Å². The monoisotopic (exact) mass is 504 g/mol. The number of halogens is 6. The van der Waals surface area contributed by atoms with Crippen LogP contribution < -0.4 is 0 Å². The lowest BCUT2D eigenvalue weighted by atomic mass is 9.90. The highest BCUT2D eigenvalue weighted by Crippen LogP contribution is 2.29. The van der Waals surface area contributed by atoms with Gasteiger partial charge in [-0.3, -0.25) is 9.58 Å². The fourth-order valence-electron chi connectivity index (χ4n) is 3.56. The lowest BCUT2D eigenvalue weighted by Crippen LogP contribution is -2.43. The molecule has 0 bridgehead atoms. The molecular formula is C20H30F6N4O4. The Labute approximate surface area is 193 Å². The molecule has 0 saturated heterocycles. The quantitative estimate of drug-likeness (QED) is 0.593. The SMILES string of the molecule is CCN(CC)CC1CN(C2CCC2)Cc2ccnn2C1.O=C(O)C(F)(F)F.O=C(O)C(F)(F)F. The number of aromatic nitrogens is 2. The zero-order valence-electron chi connectivity index (χ0n) is 18.9. The normalized spacial score (nSPS) is 19.0. The first kappa shape index (κ1) is 29.7. The Hall–Kier alpha value is -2.35. The number of carboxylic acid groups (broad SMARTS) is 2. The summed E-state index contributed by atoms with van der Waals surface area (Å²) in [4.78, 5) is 23.1. The van der Waals surface area contributed by atoms with Crippen LogP contribution >= 0.6 is 0 Å². The maximum atomic E-state index is 10.6. The van der Waals surface area contributed by atoms with Crippen molar-refractivity contribution in [2.24, 2.45) is 5.92 Å². The predicted octanol–water partition coefficient (Wildman–Crippen LogP) is 3.48. The maximum Gasteiger partial charge on any atom is 0.490 e. The van der Waals surface area contributed by atoms with Crippen molar-refractivity contribution in [2.75, 3.05) is 26.2 Å². The summed E-state index contributed by atoms with van der Waals surface area (Å²) in [5.74, 6) is -4.81. The molecule has 2 aliphatic rings. The molecule has 0 amide bonds. The Morgan fingerprint density at radius 1 is 1.03 bits per heavy atom. The summed E-state index contributed by atoms with van der Waals surface area (Å²) in [6.07, 6.45) is -3.99. The van der Waals surface area contributed by atoms with Crippen LogP contribution in [-0.4, -0.2) is 86.3 Å². The molecule has 0 spiro atoms. The van der Waals surface area contributed by atoms with Crippen LogP contribution in [-0.2, 0) is 22.7 Å². The van der Waals surface area contributed by atoms with Gasteiger partial charge in [-0.2, -0.15) is 31.4 Å². The molecular weight excluding hydrogens is 474 g/mol. The van der Waals surface area contributed by atoms with Crippen molar-refractivity contribution in [3.05, 3.63) is 18.0 Å². The standard InChI is InChI=1S/C16H28N4.2C2HF3O2/c1-3-18(4-2)10-14-11-19(15-6-5-7-15)13-16-8-9-17-20(16)12-14;2*3-2(4,5)1(6)7/h8-9,14-15H,3-7,10-13H2,1-2H3;2*(H,6,7). The molecule has 1 aliphatic heterocycles. The number of nitrogens with zero attached hydrogens (tertiary/aromatic N) is 4. The molecule has 1 aromatic heterocycles. The van der Waals surface area contributed by atoms with E-state index >= 15 is 0 Å². The molecule has 1 aliphatic carbocycles. The van der Waals surface area contributed by atoms with Gasteiger partial charge < -0.3 is 15.1 Å². The first-order valence-corrected chi connectivity index (χ1v) is 10.8. The molecule has 2 heterocycles. The van der Waals surface area contributed by atoms with Crippen LogP contribution in [0.4, 0.5) is 26.3 Å². The van der Waals surface area contributed by atoms with E-state index in [0.717, 1.165) is 32.2 Å². The molecule has 2 N–H and O–H groups in total. The second-order valence-electron chi connectivity index (χ2n) is 7.98. The third-order valence-electron chi connectivity index (χ3n) is 5.58. The highest BCUT2D eigenvalue weighted by atomic mass is 19.4. The fourth-order valence-corrected chi connectivity index (χ4v) is 3.56. The van der Waals surface area contributed by atoms with E-state index in [4.69, 9.17) is 19.8 Å². The van der Waals surface area contributed by atoms with Crippen LogP contribution in [0.3, 0.4) is 0 Å². The number of aliphatic carboxylic acids is 2. The van der Waals surface area contributed by atoms with E-state index in [2.05, 4.69) is 39.5 Å². The Kier molecular flexibility index (Phi) is 11.3. The van der Waals surface area contributed by atoms with Crippen molar-refractivity contribution < 1.29 is 46.1 Å².